The topological polar surface area (TPSA) is 56.5 Å². The fourth-order valence-corrected chi connectivity index (χ4v) is 2.98. The molecule has 1 aliphatic rings. The maximum absolute atomic E-state index is 10.7. The van der Waals surface area contributed by atoms with Gasteiger partial charge >= 0.3 is 0 Å². The average Bonchev–Trinajstić information content (AvgIpc) is 2.50. The van der Waals surface area contributed by atoms with Crippen molar-refractivity contribution < 1.29 is 9.84 Å². The monoisotopic (exact) mass is 288 g/mol. The van der Waals surface area contributed by atoms with Crippen LogP contribution in [0.25, 0.3) is 0 Å². The third-order valence-corrected chi connectivity index (χ3v) is 4.54. The quantitative estimate of drug-likeness (QED) is 0.902. The minimum Gasteiger partial charge on any atom is -0.389 e. The van der Waals surface area contributed by atoms with Crippen LogP contribution >= 0.6 is 0 Å². The lowest BCUT2D eigenvalue weighted by Gasteiger charge is -2.43. The van der Waals surface area contributed by atoms with Gasteiger partial charge in [-0.05, 0) is 36.5 Å². The molecule has 1 aliphatic heterocycles. The zero-order chi connectivity index (χ0) is 15.3. The van der Waals surface area contributed by atoms with E-state index in [0.717, 1.165) is 26.1 Å². The first-order valence-electron chi connectivity index (χ1n) is 7.50. The summed E-state index contributed by atoms with van der Waals surface area (Å²) < 4.78 is 5.10. The van der Waals surface area contributed by atoms with E-state index in [1.54, 1.807) is 7.11 Å². The van der Waals surface area contributed by atoms with Crippen molar-refractivity contribution in [2.45, 2.75) is 31.9 Å². The summed E-state index contributed by atoms with van der Waals surface area (Å²) >= 11 is 0. The molecule has 0 radical (unpaired) electrons. The van der Waals surface area contributed by atoms with Crippen LogP contribution < -0.4 is 0 Å². The molecule has 1 aromatic carbocycles. The zero-order valence-electron chi connectivity index (χ0n) is 12.9. The van der Waals surface area contributed by atoms with Crippen molar-refractivity contribution in [1.29, 1.82) is 5.26 Å². The van der Waals surface area contributed by atoms with E-state index in [0.29, 0.717) is 18.6 Å². The fourth-order valence-electron chi connectivity index (χ4n) is 2.98. The van der Waals surface area contributed by atoms with Gasteiger partial charge in [0.05, 0.1) is 17.2 Å². The minimum atomic E-state index is -0.600. The molecule has 4 nitrogen and oxygen atoms in total. The summed E-state index contributed by atoms with van der Waals surface area (Å²) in [6, 6.07) is 9.87. The molecule has 0 bridgehead atoms. The van der Waals surface area contributed by atoms with Gasteiger partial charge in [0.15, 0.2) is 0 Å². The van der Waals surface area contributed by atoms with Gasteiger partial charge in [-0.1, -0.05) is 19.1 Å². The number of methoxy groups -OCH3 is 1. The molecule has 1 aromatic rings. The Morgan fingerprint density at radius 1 is 1.43 bits per heavy atom. The first kappa shape index (κ1) is 16.0. The molecule has 0 aliphatic carbocycles. The number of nitriles is 1. The van der Waals surface area contributed by atoms with Crippen molar-refractivity contribution in [2.75, 3.05) is 26.8 Å². The number of hydrogen-bond donors (Lipinski definition) is 1. The molecule has 0 spiro atoms. The predicted molar refractivity (Wildman–Crippen MR) is 81.7 cm³/mol. The Bertz CT molecular complexity index is 495. The first-order valence-corrected chi connectivity index (χ1v) is 7.50. The lowest BCUT2D eigenvalue weighted by molar-refractivity contribution is -0.0827. The second-order valence-electron chi connectivity index (χ2n) is 6.04. The molecular weight excluding hydrogens is 264 g/mol. The lowest BCUT2D eigenvalue weighted by atomic mass is 9.80. The number of aliphatic hydroxyl groups is 1. The largest absolute Gasteiger partial charge is 0.389 e. The van der Waals surface area contributed by atoms with E-state index in [4.69, 9.17) is 10.00 Å². The lowest BCUT2D eigenvalue weighted by Crippen LogP contribution is -2.51. The van der Waals surface area contributed by atoms with Gasteiger partial charge in [0.25, 0.3) is 0 Å². The maximum Gasteiger partial charge on any atom is 0.0991 e. The number of hydrogen-bond acceptors (Lipinski definition) is 4. The molecular formula is C17H24N2O2. The van der Waals surface area contributed by atoms with Gasteiger partial charge in [-0.25, -0.2) is 0 Å². The molecule has 1 heterocycles. The van der Waals surface area contributed by atoms with Gasteiger partial charge in [0.1, 0.15) is 0 Å². The number of rotatable bonds is 5. The van der Waals surface area contributed by atoms with Crippen molar-refractivity contribution in [3.63, 3.8) is 0 Å². The average molecular weight is 288 g/mol. The van der Waals surface area contributed by atoms with Gasteiger partial charge in [0.2, 0.25) is 0 Å². The highest BCUT2D eigenvalue weighted by atomic mass is 16.5. The summed E-state index contributed by atoms with van der Waals surface area (Å²) in [6.07, 6.45) is 1.49. The van der Waals surface area contributed by atoms with Crippen LogP contribution in [-0.4, -0.2) is 42.4 Å². The molecule has 1 N–H and O–H groups in total. The third-order valence-electron chi connectivity index (χ3n) is 4.54. The Kier molecular flexibility index (Phi) is 5.35. The van der Waals surface area contributed by atoms with Crippen LogP contribution in [0.5, 0.6) is 0 Å². The Labute approximate surface area is 127 Å². The number of benzene rings is 1. The minimum absolute atomic E-state index is 0.236. The van der Waals surface area contributed by atoms with E-state index in [1.807, 2.05) is 24.3 Å². The molecule has 21 heavy (non-hydrogen) atoms. The smallest absolute Gasteiger partial charge is 0.0991 e. The van der Waals surface area contributed by atoms with Crippen molar-refractivity contribution in [1.82, 2.24) is 4.90 Å². The van der Waals surface area contributed by atoms with Crippen LogP contribution in [0.15, 0.2) is 24.3 Å². The summed E-state index contributed by atoms with van der Waals surface area (Å²) in [5, 5.41) is 19.5. The van der Waals surface area contributed by atoms with Crippen LogP contribution in [-0.2, 0) is 11.3 Å². The standard InChI is InChI=1S/C17H24N2O2/c1-14-12-19(9-7-17(14,20)8-10-21-2)13-16-5-3-15(11-18)4-6-16/h3-6,14,20H,7-10,12-13H2,1-2H3/t14-,17-/m1/s1. The second kappa shape index (κ2) is 7.04. The molecule has 114 valence electrons. The van der Waals surface area contributed by atoms with Crippen molar-refractivity contribution in [3.8, 4) is 6.07 Å². The van der Waals surface area contributed by atoms with Gasteiger partial charge in [-0.15, -0.1) is 0 Å². The predicted octanol–water partition coefficient (Wildman–Crippen LogP) is 2.17. The van der Waals surface area contributed by atoms with E-state index in [-0.39, 0.29) is 5.92 Å². The van der Waals surface area contributed by atoms with Crippen molar-refractivity contribution >= 4 is 0 Å². The highest BCUT2D eigenvalue weighted by Gasteiger charge is 2.38. The normalized spacial score (nSPS) is 26.5. The summed E-state index contributed by atoms with van der Waals surface area (Å²) in [5.41, 5.74) is 1.31. The van der Waals surface area contributed by atoms with E-state index < -0.39 is 5.60 Å². The van der Waals surface area contributed by atoms with Crippen LogP contribution in [0.3, 0.4) is 0 Å². The van der Waals surface area contributed by atoms with Gasteiger partial charge in [0, 0.05) is 33.4 Å². The molecule has 0 amide bonds. The number of ether oxygens (including phenoxy) is 1. The third kappa shape index (κ3) is 4.04. The van der Waals surface area contributed by atoms with Crippen LogP contribution in [0.4, 0.5) is 0 Å². The Hall–Kier alpha value is -1.41. The van der Waals surface area contributed by atoms with Crippen LogP contribution in [0.1, 0.15) is 30.9 Å². The molecule has 2 rings (SSSR count). The number of likely N-dealkylation sites (tertiary alicyclic amines) is 1. The number of piperidine rings is 1. The molecule has 1 saturated heterocycles. The highest BCUT2D eigenvalue weighted by Crippen LogP contribution is 2.31. The first-order chi connectivity index (χ1) is 10.1. The maximum atomic E-state index is 10.7. The van der Waals surface area contributed by atoms with E-state index in [9.17, 15) is 5.11 Å². The molecule has 0 aromatic heterocycles. The Morgan fingerprint density at radius 3 is 2.71 bits per heavy atom. The number of nitrogens with zero attached hydrogens (tertiary/aromatic N) is 2. The van der Waals surface area contributed by atoms with Crippen molar-refractivity contribution in [3.05, 3.63) is 35.4 Å². The summed E-state index contributed by atoms with van der Waals surface area (Å²) in [5.74, 6) is 0.236. The van der Waals surface area contributed by atoms with E-state index in [2.05, 4.69) is 17.9 Å². The van der Waals surface area contributed by atoms with Gasteiger partial charge < -0.3 is 9.84 Å². The van der Waals surface area contributed by atoms with E-state index in [1.165, 1.54) is 5.56 Å². The molecule has 1 fully saturated rings. The van der Waals surface area contributed by atoms with E-state index >= 15 is 0 Å². The summed E-state index contributed by atoms with van der Waals surface area (Å²) in [4.78, 5) is 2.37. The van der Waals surface area contributed by atoms with Gasteiger partial charge in [-0.3, -0.25) is 4.90 Å². The summed E-state index contributed by atoms with van der Waals surface area (Å²) in [7, 11) is 1.67. The molecule has 4 heteroatoms. The fraction of sp³-hybridized carbons (Fsp3) is 0.588. The second-order valence-corrected chi connectivity index (χ2v) is 6.04. The highest BCUT2D eigenvalue weighted by molar-refractivity contribution is 5.31. The summed E-state index contributed by atoms with van der Waals surface area (Å²) in [6.45, 7) is 5.37. The SMILES string of the molecule is COCC[C@]1(O)CCN(Cc2ccc(C#N)cc2)C[C@H]1C. The molecule has 0 saturated carbocycles. The Balaban J connectivity index is 1.91. The Morgan fingerprint density at radius 2 is 2.14 bits per heavy atom. The molecule has 0 unspecified atom stereocenters. The zero-order valence-corrected chi connectivity index (χ0v) is 12.9. The van der Waals surface area contributed by atoms with Crippen LogP contribution in [0, 0.1) is 17.2 Å². The molecule has 2 atom stereocenters. The van der Waals surface area contributed by atoms with Crippen LogP contribution in [0.2, 0.25) is 0 Å². The van der Waals surface area contributed by atoms with Crippen molar-refractivity contribution in [2.24, 2.45) is 5.92 Å². The van der Waals surface area contributed by atoms with Gasteiger partial charge in [-0.2, -0.15) is 5.26 Å².